The summed E-state index contributed by atoms with van der Waals surface area (Å²) in [4.78, 5) is 25.0. The van der Waals surface area contributed by atoms with Crippen molar-refractivity contribution in [3.63, 3.8) is 0 Å². The average Bonchev–Trinajstić information content (AvgIpc) is 2.79. The second-order valence-corrected chi connectivity index (χ2v) is 11.5. The summed E-state index contributed by atoms with van der Waals surface area (Å²) in [7, 11) is -0.468. The van der Waals surface area contributed by atoms with Crippen LogP contribution in [0.15, 0.2) is 24.3 Å². The van der Waals surface area contributed by atoms with Gasteiger partial charge in [-0.15, -0.1) is 0 Å². The molecule has 0 bridgehead atoms. The van der Waals surface area contributed by atoms with E-state index in [0.717, 1.165) is 11.0 Å². The maximum Gasteiger partial charge on any atom is 0.494 e. The number of esters is 2. The summed E-state index contributed by atoms with van der Waals surface area (Å²) in [5, 5.41) is 0. The molecule has 1 aliphatic rings. The highest BCUT2D eigenvalue weighted by atomic mass is 16.7. The molecule has 2 rings (SSSR count). The van der Waals surface area contributed by atoms with Crippen LogP contribution in [0.3, 0.4) is 0 Å². The molecule has 1 aromatic rings. The van der Waals surface area contributed by atoms with Gasteiger partial charge in [-0.05, 0) is 80.3 Å². The van der Waals surface area contributed by atoms with E-state index in [4.69, 9.17) is 18.8 Å². The van der Waals surface area contributed by atoms with Gasteiger partial charge in [0, 0.05) is 5.92 Å². The molecule has 1 fully saturated rings. The zero-order chi connectivity index (χ0) is 24.5. The van der Waals surface area contributed by atoms with Crippen molar-refractivity contribution in [2.24, 2.45) is 0 Å². The number of ether oxygens (including phenoxy) is 2. The standard InChI is InChI=1S/C25H39BO6/c1-22(2,3)29-20(27)15-18(16-21(28)30-23(4,5)6)17-11-13-19(14-12-17)26-31-24(7,8)25(9,10)32-26/h11-14,18H,15-16H2,1-10H3. The molecule has 0 atom stereocenters. The zero-order valence-electron chi connectivity index (χ0n) is 21.3. The molecule has 0 aliphatic carbocycles. The van der Waals surface area contributed by atoms with Crippen LogP contribution in [0.25, 0.3) is 0 Å². The Hall–Kier alpha value is -1.86. The highest BCUT2D eigenvalue weighted by molar-refractivity contribution is 6.62. The minimum atomic E-state index is -0.589. The summed E-state index contributed by atoms with van der Waals surface area (Å²) in [5.74, 6) is -1.05. The van der Waals surface area contributed by atoms with E-state index in [1.54, 1.807) is 0 Å². The Morgan fingerprint density at radius 1 is 0.812 bits per heavy atom. The maximum atomic E-state index is 12.5. The molecule has 32 heavy (non-hydrogen) atoms. The Morgan fingerprint density at radius 2 is 1.19 bits per heavy atom. The van der Waals surface area contributed by atoms with Crippen LogP contribution in [0.4, 0.5) is 0 Å². The van der Waals surface area contributed by atoms with E-state index >= 15 is 0 Å². The molecule has 0 N–H and O–H groups in total. The Morgan fingerprint density at radius 3 is 1.53 bits per heavy atom. The lowest BCUT2D eigenvalue weighted by atomic mass is 9.78. The highest BCUT2D eigenvalue weighted by Crippen LogP contribution is 2.36. The van der Waals surface area contributed by atoms with Crippen molar-refractivity contribution in [1.29, 1.82) is 0 Å². The number of carbonyl (C=O) groups is 2. The van der Waals surface area contributed by atoms with Gasteiger partial charge in [-0.1, -0.05) is 24.3 Å². The van der Waals surface area contributed by atoms with E-state index < -0.39 is 29.5 Å². The summed E-state index contributed by atoms with van der Waals surface area (Å²) in [6.07, 6.45) is 0.179. The van der Waals surface area contributed by atoms with E-state index in [-0.39, 0.29) is 30.7 Å². The van der Waals surface area contributed by atoms with E-state index in [2.05, 4.69) is 0 Å². The summed E-state index contributed by atoms with van der Waals surface area (Å²) in [5.41, 5.74) is -0.274. The molecule has 0 radical (unpaired) electrons. The number of hydrogen-bond acceptors (Lipinski definition) is 6. The third kappa shape index (κ3) is 7.34. The Bertz CT molecular complexity index is 768. The Labute approximate surface area is 193 Å². The van der Waals surface area contributed by atoms with Crippen molar-refractivity contribution in [3.8, 4) is 0 Å². The largest absolute Gasteiger partial charge is 0.494 e. The Balaban J connectivity index is 2.21. The van der Waals surface area contributed by atoms with Crippen LogP contribution in [-0.2, 0) is 28.4 Å². The molecule has 7 heteroatoms. The molecule has 0 unspecified atom stereocenters. The molecule has 1 aliphatic heterocycles. The fraction of sp³-hybridized carbons (Fsp3) is 0.680. The molecule has 1 saturated heterocycles. The van der Waals surface area contributed by atoms with Crippen LogP contribution < -0.4 is 5.46 Å². The molecular formula is C25H39BO6. The second-order valence-electron chi connectivity index (χ2n) is 11.5. The summed E-state index contributed by atoms with van der Waals surface area (Å²) < 4.78 is 23.2. The molecule has 1 aromatic carbocycles. The first kappa shape index (κ1) is 26.4. The number of rotatable bonds is 6. The monoisotopic (exact) mass is 446 g/mol. The first-order chi connectivity index (χ1) is 14.4. The van der Waals surface area contributed by atoms with Gasteiger partial charge in [0.25, 0.3) is 0 Å². The van der Waals surface area contributed by atoms with Gasteiger partial charge in [0.2, 0.25) is 0 Å². The average molecular weight is 446 g/mol. The summed E-state index contributed by atoms with van der Waals surface area (Å²) in [6, 6.07) is 7.68. The summed E-state index contributed by atoms with van der Waals surface area (Å²) >= 11 is 0. The van der Waals surface area contributed by atoms with Gasteiger partial charge in [0.1, 0.15) is 11.2 Å². The van der Waals surface area contributed by atoms with E-state index in [9.17, 15) is 9.59 Å². The van der Waals surface area contributed by atoms with Gasteiger partial charge in [-0.3, -0.25) is 9.59 Å². The van der Waals surface area contributed by atoms with Crippen molar-refractivity contribution in [2.45, 2.75) is 110 Å². The fourth-order valence-corrected chi connectivity index (χ4v) is 3.38. The van der Waals surface area contributed by atoms with Crippen LogP contribution in [0, 0.1) is 0 Å². The van der Waals surface area contributed by atoms with Crippen LogP contribution in [0.1, 0.15) is 93.6 Å². The smallest absolute Gasteiger partial charge is 0.460 e. The van der Waals surface area contributed by atoms with Gasteiger partial charge in [-0.2, -0.15) is 0 Å². The van der Waals surface area contributed by atoms with E-state index in [1.165, 1.54) is 0 Å². The number of hydrogen-bond donors (Lipinski definition) is 0. The summed E-state index contributed by atoms with van der Waals surface area (Å²) in [6.45, 7) is 19.0. The molecule has 0 aromatic heterocycles. The van der Waals surface area contributed by atoms with Crippen LogP contribution >= 0.6 is 0 Å². The number of benzene rings is 1. The third-order valence-corrected chi connectivity index (χ3v) is 5.60. The van der Waals surface area contributed by atoms with Gasteiger partial charge in [0.15, 0.2) is 0 Å². The lowest BCUT2D eigenvalue weighted by molar-refractivity contribution is -0.157. The highest BCUT2D eigenvalue weighted by Gasteiger charge is 2.51. The van der Waals surface area contributed by atoms with Crippen LogP contribution in [-0.4, -0.2) is 41.5 Å². The van der Waals surface area contributed by atoms with E-state index in [0.29, 0.717) is 0 Å². The van der Waals surface area contributed by atoms with E-state index in [1.807, 2.05) is 93.5 Å². The minimum absolute atomic E-state index is 0.0896. The molecule has 0 amide bonds. The fourth-order valence-electron chi connectivity index (χ4n) is 3.38. The lowest BCUT2D eigenvalue weighted by Crippen LogP contribution is -2.41. The Kier molecular flexibility index (Phi) is 7.57. The first-order valence-corrected chi connectivity index (χ1v) is 11.3. The maximum absolute atomic E-state index is 12.5. The van der Waals surface area contributed by atoms with Gasteiger partial charge >= 0.3 is 19.1 Å². The normalized spacial score (nSPS) is 18.0. The zero-order valence-corrected chi connectivity index (χ0v) is 21.3. The molecule has 0 spiro atoms. The third-order valence-electron chi connectivity index (χ3n) is 5.60. The molecule has 6 nitrogen and oxygen atoms in total. The minimum Gasteiger partial charge on any atom is -0.460 e. The number of carbonyl (C=O) groups excluding carboxylic acids is 2. The van der Waals surface area contributed by atoms with Gasteiger partial charge in [0.05, 0.1) is 24.0 Å². The molecule has 178 valence electrons. The van der Waals surface area contributed by atoms with Crippen LogP contribution in [0.5, 0.6) is 0 Å². The molecule has 0 saturated carbocycles. The quantitative estimate of drug-likeness (QED) is 0.472. The van der Waals surface area contributed by atoms with Crippen molar-refractivity contribution in [2.75, 3.05) is 0 Å². The van der Waals surface area contributed by atoms with Crippen molar-refractivity contribution >= 4 is 24.5 Å². The first-order valence-electron chi connectivity index (χ1n) is 11.3. The van der Waals surface area contributed by atoms with Crippen molar-refractivity contribution < 1.29 is 28.4 Å². The lowest BCUT2D eigenvalue weighted by Gasteiger charge is -2.32. The molecule has 1 heterocycles. The topological polar surface area (TPSA) is 71.1 Å². The van der Waals surface area contributed by atoms with Gasteiger partial charge < -0.3 is 18.8 Å². The van der Waals surface area contributed by atoms with Crippen molar-refractivity contribution in [1.82, 2.24) is 0 Å². The van der Waals surface area contributed by atoms with Crippen LogP contribution in [0.2, 0.25) is 0 Å². The predicted molar refractivity (Wildman–Crippen MR) is 126 cm³/mol. The molecular weight excluding hydrogens is 407 g/mol. The second kappa shape index (κ2) is 9.18. The van der Waals surface area contributed by atoms with Crippen molar-refractivity contribution in [3.05, 3.63) is 29.8 Å². The van der Waals surface area contributed by atoms with Gasteiger partial charge in [-0.25, -0.2) is 0 Å². The SMILES string of the molecule is CC(C)(C)OC(=O)CC(CC(=O)OC(C)(C)C)c1ccc(B2OC(C)(C)C(C)(C)O2)cc1. The predicted octanol–water partition coefficient (Wildman–Crippen LogP) is 4.53.